The average Bonchev–Trinajstić information content (AvgIpc) is 3.62. The zero-order valence-electron chi connectivity index (χ0n) is 41.7. The summed E-state index contributed by atoms with van der Waals surface area (Å²) in [6.07, 6.45) is 2.53. The molecule has 1 atom stereocenters. The summed E-state index contributed by atoms with van der Waals surface area (Å²) < 4.78 is 17.2. The van der Waals surface area contributed by atoms with Gasteiger partial charge in [0, 0.05) is 107 Å². The highest BCUT2D eigenvalue weighted by atomic mass is 16.5. The molecule has 5 heterocycles. The number of ether oxygens (including phenoxy) is 3. The van der Waals surface area contributed by atoms with Gasteiger partial charge in [-0.05, 0) is 112 Å². The maximum Gasteiger partial charge on any atom is 0.266 e. The number of H-pyrrole nitrogens is 1. The third-order valence-corrected chi connectivity index (χ3v) is 14.1. The van der Waals surface area contributed by atoms with Crippen LogP contribution in [0.2, 0.25) is 0 Å². The predicted octanol–water partition coefficient (Wildman–Crippen LogP) is 4.02. The van der Waals surface area contributed by atoms with E-state index < -0.39 is 29.7 Å². The minimum absolute atomic E-state index is 0.0379. The highest BCUT2D eigenvalue weighted by Gasteiger charge is 2.46. The molecule has 4 aliphatic heterocycles. The minimum Gasteiger partial charge on any atom is -0.490 e. The van der Waals surface area contributed by atoms with E-state index in [1.54, 1.807) is 12.1 Å². The number of hydrogen-bond acceptors (Lipinski definition) is 13. The highest BCUT2D eigenvalue weighted by Crippen LogP contribution is 2.36. The zero-order chi connectivity index (χ0) is 50.9. The number of carbonyl (C=O) groups is 6. The molecular weight excluding hydrogens is 921 g/mol. The molecule has 4 N–H and O–H groups in total. The molecule has 1 unspecified atom stereocenters. The van der Waals surface area contributed by atoms with Gasteiger partial charge in [-0.15, -0.1) is 0 Å². The Morgan fingerprint density at radius 1 is 0.833 bits per heavy atom. The fraction of sp³-hybridized carbons (Fsp3) is 0.463. The van der Waals surface area contributed by atoms with Crippen LogP contribution in [0.3, 0.4) is 0 Å². The number of imide groups is 2. The first kappa shape index (κ1) is 51.6. The molecular formula is C54H66N8O10. The molecule has 8 rings (SSSR count). The van der Waals surface area contributed by atoms with Crippen LogP contribution in [-0.4, -0.2) is 146 Å². The summed E-state index contributed by atoms with van der Waals surface area (Å²) in [5.74, 6) is -2.39. The van der Waals surface area contributed by atoms with Crippen LogP contribution in [-0.2, 0) is 36.9 Å². The molecule has 6 amide bonds. The van der Waals surface area contributed by atoms with E-state index in [-0.39, 0.29) is 66.9 Å². The Balaban J connectivity index is 0.769. The van der Waals surface area contributed by atoms with Crippen LogP contribution in [0.25, 0.3) is 11.1 Å². The number of aromatic amines is 1. The minimum atomic E-state index is -1.06. The lowest BCUT2D eigenvalue weighted by atomic mass is 9.94. The van der Waals surface area contributed by atoms with Gasteiger partial charge in [0.2, 0.25) is 17.7 Å². The SMILES string of the molecule is CCN(c1cc(-c2ccc(CN3CCN(CC(=O)NCCCOCCOc4cccc5c4C(=O)N(C4CCC(=O)NC4=O)C5=O)CC3)cc2)cc(C(=O)NCc2c(C)cc(C)[nH]c2=O)c1C)C1CCOCC1. The summed E-state index contributed by atoms with van der Waals surface area (Å²) in [5, 5.41) is 8.22. The third-order valence-electron chi connectivity index (χ3n) is 14.1. The van der Waals surface area contributed by atoms with Crippen LogP contribution in [0.15, 0.2) is 65.5 Å². The average molecular weight is 987 g/mol. The molecule has 72 heavy (non-hydrogen) atoms. The maximum absolute atomic E-state index is 14.0. The number of nitrogens with zero attached hydrogens (tertiary/aromatic N) is 4. The van der Waals surface area contributed by atoms with Crippen molar-refractivity contribution in [2.24, 2.45) is 0 Å². The number of carbonyl (C=O) groups excluding carboxylic acids is 6. The van der Waals surface area contributed by atoms with Gasteiger partial charge in [0.05, 0.1) is 24.3 Å². The number of pyridine rings is 1. The van der Waals surface area contributed by atoms with Crippen molar-refractivity contribution in [3.8, 4) is 16.9 Å². The molecule has 4 aliphatic rings. The molecule has 3 saturated heterocycles. The number of piperazine rings is 1. The number of anilines is 1. The van der Waals surface area contributed by atoms with Gasteiger partial charge in [0.15, 0.2) is 0 Å². The molecule has 0 aliphatic carbocycles. The van der Waals surface area contributed by atoms with Crippen molar-refractivity contribution in [1.82, 2.24) is 35.6 Å². The van der Waals surface area contributed by atoms with Crippen molar-refractivity contribution in [1.29, 1.82) is 0 Å². The van der Waals surface area contributed by atoms with E-state index in [1.165, 1.54) is 11.6 Å². The van der Waals surface area contributed by atoms with E-state index in [4.69, 9.17) is 14.2 Å². The van der Waals surface area contributed by atoms with Crippen molar-refractivity contribution in [2.75, 3.05) is 83.7 Å². The first-order valence-electron chi connectivity index (χ1n) is 25.1. The number of piperidine rings is 1. The molecule has 18 heteroatoms. The Labute approximate surface area is 419 Å². The zero-order valence-corrected chi connectivity index (χ0v) is 41.7. The molecule has 382 valence electrons. The topological polar surface area (TPSA) is 212 Å². The Hall–Kier alpha value is -6.73. The molecule has 1 aromatic heterocycles. The monoisotopic (exact) mass is 986 g/mol. The molecule has 0 spiro atoms. The van der Waals surface area contributed by atoms with Gasteiger partial charge in [-0.1, -0.05) is 30.3 Å². The number of rotatable bonds is 20. The fourth-order valence-corrected chi connectivity index (χ4v) is 10.1. The Kier molecular flexibility index (Phi) is 17.0. The van der Waals surface area contributed by atoms with Gasteiger partial charge in [0.25, 0.3) is 23.3 Å². The largest absolute Gasteiger partial charge is 0.490 e. The predicted molar refractivity (Wildman–Crippen MR) is 270 cm³/mol. The van der Waals surface area contributed by atoms with E-state index in [0.29, 0.717) is 56.5 Å². The normalized spacial score (nSPS) is 17.7. The van der Waals surface area contributed by atoms with Gasteiger partial charge in [-0.3, -0.25) is 53.6 Å². The van der Waals surface area contributed by atoms with Crippen LogP contribution in [0.1, 0.15) is 98.0 Å². The van der Waals surface area contributed by atoms with Crippen molar-refractivity contribution in [2.45, 2.75) is 85.0 Å². The molecule has 3 aromatic carbocycles. The first-order valence-corrected chi connectivity index (χ1v) is 25.1. The number of amides is 6. The Morgan fingerprint density at radius 2 is 1.58 bits per heavy atom. The number of aromatic nitrogens is 1. The van der Waals surface area contributed by atoms with Crippen molar-refractivity contribution in [3.05, 3.63) is 116 Å². The maximum atomic E-state index is 14.0. The molecule has 0 bridgehead atoms. The summed E-state index contributed by atoms with van der Waals surface area (Å²) in [6, 6.07) is 18.6. The number of benzene rings is 3. The van der Waals surface area contributed by atoms with Gasteiger partial charge in [-0.25, -0.2) is 0 Å². The fourth-order valence-electron chi connectivity index (χ4n) is 10.1. The lowest BCUT2D eigenvalue weighted by Crippen LogP contribution is -2.54. The second kappa shape index (κ2) is 23.7. The lowest BCUT2D eigenvalue weighted by Gasteiger charge is -2.37. The summed E-state index contributed by atoms with van der Waals surface area (Å²) in [7, 11) is 0. The van der Waals surface area contributed by atoms with E-state index in [1.807, 2.05) is 32.9 Å². The Morgan fingerprint density at radius 3 is 2.31 bits per heavy atom. The van der Waals surface area contributed by atoms with Crippen LogP contribution in [0, 0.1) is 20.8 Å². The number of fused-ring (bicyclic) bond motifs is 1. The summed E-state index contributed by atoms with van der Waals surface area (Å²) in [4.78, 5) is 101. The Bertz CT molecular complexity index is 2730. The summed E-state index contributed by atoms with van der Waals surface area (Å²) in [6.45, 7) is 15.7. The van der Waals surface area contributed by atoms with Crippen molar-refractivity contribution >= 4 is 41.1 Å². The van der Waals surface area contributed by atoms with Crippen molar-refractivity contribution < 1.29 is 43.0 Å². The van der Waals surface area contributed by atoms with E-state index >= 15 is 0 Å². The summed E-state index contributed by atoms with van der Waals surface area (Å²) in [5.41, 5.74) is 7.83. The van der Waals surface area contributed by atoms with Crippen LogP contribution < -0.4 is 31.1 Å². The second-order valence-electron chi connectivity index (χ2n) is 19.0. The van der Waals surface area contributed by atoms with Gasteiger partial charge < -0.3 is 34.7 Å². The van der Waals surface area contributed by atoms with E-state index in [0.717, 1.165) is 90.6 Å². The number of nitrogens with one attached hydrogen (secondary N) is 4. The molecule has 18 nitrogen and oxygen atoms in total. The molecule has 0 radical (unpaired) electrons. The smallest absolute Gasteiger partial charge is 0.266 e. The standard InChI is InChI=1S/C54H66N8O10/c1-5-61(40-16-24-71-25-17-40)45-30-39(29-42(36(45)4)50(65)56-31-43-34(2)28-35(3)57-51(43)66)38-12-10-37(11-13-38)32-59-19-21-60(22-20-59)33-48(64)55-18-7-23-70-26-27-72-46-9-6-8-41-49(46)54(69)62(53(41)68)44-14-15-47(63)58-52(44)67/h6,8-13,28-30,40,44H,5,7,14-27,31-33H2,1-4H3,(H,55,64)(H,56,65)(H,57,66)(H,58,63,67). The van der Waals surface area contributed by atoms with Crippen LogP contribution >= 0.6 is 0 Å². The van der Waals surface area contributed by atoms with E-state index in [9.17, 15) is 33.6 Å². The highest BCUT2D eigenvalue weighted by molar-refractivity contribution is 6.24. The lowest BCUT2D eigenvalue weighted by molar-refractivity contribution is -0.136. The first-order chi connectivity index (χ1) is 34.8. The molecule has 4 aromatic rings. The van der Waals surface area contributed by atoms with Gasteiger partial charge in [0.1, 0.15) is 18.4 Å². The van der Waals surface area contributed by atoms with E-state index in [2.05, 4.69) is 72.9 Å². The van der Waals surface area contributed by atoms with Gasteiger partial charge >= 0.3 is 0 Å². The molecule has 0 saturated carbocycles. The van der Waals surface area contributed by atoms with Crippen LogP contribution in [0.4, 0.5) is 5.69 Å². The van der Waals surface area contributed by atoms with Gasteiger partial charge in [-0.2, -0.15) is 0 Å². The molecule has 3 fully saturated rings. The van der Waals surface area contributed by atoms with Crippen molar-refractivity contribution in [3.63, 3.8) is 0 Å². The summed E-state index contributed by atoms with van der Waals surface area (Å²) >= 11 is 0. The van der Waals surface area contributed by atoms with Crippen LogP contribution in [0.5, 0.6) is 5.75 Å². The quantitative estimate of drug-likeness (QED) is 0.0729. The second-order valence-corrected chi connectivity index (χ2v) is 19.0. The number of aryl methyl sites for hydroxylation is 2. The third kappa shape index (κ3) is 12.1. The number of hydrogen-bond donors (Lipinski definition) is 4.